The van der Waals surface area contributed by atoms with Crippen LogP contribution in [0.4, 0.5) is 4.39 Å². The highest BCUT2D eigenvalue weighted by Gasteiger charge is 2.68. The molecule has 86 valence electrons. The van der Waals surface area contributed by atoms with Gasteiger partial charge in [0.1, 0.15) is 5.82 Å². The summed E-state index contributed by atoms with van der Waals surface area (Å²) in [4.78, 5) is 11.4. The average molecular weight is 243 g/mol. The Morgan fingerprint density at radius 2 is 2.06 bits per heavy atom. The van der Waals surface area contributed by atoms with Crippen molar-refractivity contribution < 1.29 is 14.3 Å². The Hall–Kier alpha value is -1.09. The highest BCUT2D eigenvalue weighted by molar-refractivity contribution is 6.31. The second-order valence-corrected chi connectivity index (χ2v) is 5.30. The van der Waals surface area contributed by atoms with Crippen LogP contribution in [0.1, 0.15) is 25.8 Å². The third-order valence-electron chi connectivity index (χ3n) is 3.49. The fourth-order valence-corrected chi connectivity index (χ4v) is 2.66. The summed E-state index contributed by atoms with van der Waals surface area (Å²) in [6.45, 7) is 3.70. The number of hydrogen-bond donors (Lipinski definition) is 1. The molecular weight excluding hydrogens is 231 g/mol. The molecule has 0 amide bonds. The molecule has 0 heterocycles. The molecule has 0 bridgehead atoms. The Morgan fingerprint density at radius 1 is 1.50 bits per heavy atom. The molecule has 1 fully saturated rings. The lowest BCUT2D eigenvalue weighted by atomic mass is 9.88. The normalized spacial score (nSPS) is 26.5. The standard InChI is InChI=1S/C12H12ClFO2/c1-11(2)6-12(11,10(15)16)8-5-7(14)3-4-9(8)13/h3-5H,6H2,1-2H3,(H,15,16). The van der Waals surface area contributed by atoms with E-state index in [9.17, 15) is 14.3 Å². The van der Waals surface area contributed by atoms with Gasteiger partial charge in [0, 0.05) is 5.02 Å². The number of carboxylic acid groups (broad SMARTS) is 1. The Kier molecular flexibility index (Phi) is 2.28. The SMILES string of the molecule is CC1(C)CC1(C(=O)O)c1cc(F)ccc1Cl. The number of carbonyl (C=O) groups is 1. The van der Waals surface area contributed by atoms with Crippen LogP contribution in [0.3, 0.4) is 0 Å². The fraction of sp³-hybridized carbons (Fsp3) is 0.417. The topological polar surface area (TPSA) is 37.3 Å². The molecule has 1 aromatic carbocycles. The molecule has 1 atom stereocenters. The van der Waals surface area contributed by atoms with Gasteiger partial charge in [-0.2, -0.15) is 0 Å². The average Bonchev–Trinajstić information content (AvgIpc) is 2.75. The summed E-state index contributed by atoms with van der Waals surface area (Å²) in [7, 11) is 0. The molecule has 4 heteroatoms. The minimum Gasteiger partial charge on any atom is -0.481 e. The number of benzene rings is 1. The lowest BCUT2D eigenvalue weighted by Crippen LogP contribution is -2.26. The van der Waals surface area contributed by atoms with Crippen molar-refractivity contribution in [3.8, 4) is 0 Å². The fourth-order valence-electron chi connectivity index (χ4n) is 2.38. The first-order valence-corrected chi connectivity index (χ1v) is 5.38. The Morgan fingerprint density at radius 3 is 2.50 bits per heavy atom. The minimum atomic E-state index is -1.04. The largest absolute Gasteiger partial charge is 0.481 e. The first-order chi connectivity index (χ1) is 7.31. The molecule has 0 aliphatic heterocycles. The Balaban J connectivity index is 2.59. The van der Waals surface area contributed by atoms with E-state index >= 15 is 0 Å². The van der Waals surface area contributed by atoms with E-state index in [2.05, 4.69) is 0 Å². The van der Waals surface area contributed by atoms with Crippen LogP contribution in [0.2, 0.25) is 5.02 Å². The van der Waals surface area contributed by atoms with E-state index < -0.39 is 17.2 Å². The second-order valence-electron chi connectivity index (χ2n) is 4.90. The second kappa shape index (κ2) is 3.20. The van der Waals surface area contributed by atoms with Gasteiger partial charge in [0.2, 0.25) is 0 Å². The summed E-state index contributed by atoms with van der Waals surface area (Å²) in [5.41, 5.74) is -1.03. The van der Waals surface area contributed by atoms with Crippen molar-refractivity contribution in [2.45, 2.75) is 25.7 Å². The predicted octanol–water partition coefficient (Wildman–Crippen LogP) is 3.23. The highest BCUT2D eigenvalue weighted by Crippen LogP contribution is 2.65. The molecule has 1 unspecified atom stereocenters. The van der Waals surface area contributed by atoms with E-state index in [-0.39, 0.29) is 5.41 Å². The van der Waals surface area contributed by atoms with Gasteiger partial charge in [0.25, 0.3) is 0 Å². The van der Waals surface area contributed by atoms with Crippen LogP contribution in [0.25, 0.3) is 0 Å². The maximum absolute atomic E-state index is 13.2. The minimum absolute atomic E-state index is 0.314. The van der Waals surface area contributed by atoms with Gasteiger partial charge in [-0.25, -0.2) is 4.39 Å². The van der Waals surface area contributed by atoms with Crippen molar-refractivity contribution in [2.24, 2.45) is 5.41 Å². The predicted molar refractivity (Wildman–Crippen MR) is 59.1 cm³/mol. The van der Waals surface area contributed by atoms with Crippen LogP contribution >= 0.6 is 11.6 Å². The van der Waals surface area contributed by atoms with Crippen LogP contribution in [-0.4, -0.2) is 11.1 Å². The number of hydrogen-bond acceptors (Lipinski definition) is 1. The van der Waals surface area contributed by atoms with Crippen LogP contribution < -0.4 is 0 Å². The molecule has 16 heavy (non-hydrogen) atoms. The zero-order valence-electron chi connectivity index (χ0n) is 9.05. The van der Waals surface area contributed by atoms with Gasteiger partial charge >= 0.3 is 5.97 Å². The quantitative estimate of drug-likeness (QED) is 0.865. The molecule has 1 saturated carbocycles. The monoisotopic (exact) mass is 242 g/mol. The van der Waals surface area contributed by atoms with Crippen LogP contribution in [0, 0.1) is 11.2 Å². The van der Waals surface area contributed by atoms with Gasteiger partial charge in [0.15, 0.2) is 0 Å². The molecule has 0 radical (unpaired) electrons. The van der Waals surface area contributed by atoms with Gasteiger partial charge in [-0.1, -0.05) is 25.4 Å². The maximum atomic E-state index is 13.2. The first kappa shape index (κ1) is 11.4. The Labute approximate surface area is 98.0 Å². The van der Waals surface area contributed by atoms with Crippen molar-refractivity contribution in [3.05, 3.63) is 34.6 Å². The van der Waals surface area contributed by atoms with Crippen LogP contribution in [-0.2, 0) is 10.2 Å². The van der Waals surface area contributed by atoms with Crippen molar-refractivity contribution in [3.63, 3.8) is 0 Å². The highest BCUT2D eigenvalue weighted by atomic mass is 35.5. The number of carboxylic acids is 1. The van der Waals surface area contributed by atoms with Gasteiger partial charge in [-0.15, -0.1) is 0 Å². The molecule has 1 aliphatic rings. The van der Waals surface area contributed by atoms with E-state index in [1.807, 2.05) is 13.8 Å². The summed E-state index contributed by atoms with van der Waals surface area (Å²) in [6, 6.07) is 3.87. The maximum Gasteiger partial charge on any atom is 0.314 e. The molecule has 2 nitrogen and oxygen atoms in total. The molecule has 2 rings (SSSR count). The summed E-state index contributed by atoms with van der Waals surface area (Å²) in [6.07, 6.45) is 0.485. The smallest absolute Gasteiger partial charge is 0.314 e. The first-order valence-electron chi connectivity index (χ1n) is 5.00. The summed E-state index contributed by atoms with van der Waals surface area (Å²) < 4.78 is 13.2. The van der Waals surface area contributed by atoms with E-state index in [1.165, 1.54) is 18.2 Å². The molecule has 0 aromatic heterocycles. The van der Waals surface area contributed by atoms with E-state index in [4.69, 9.17) is 11.6 Å². The molecule has 0 saturated heterocycles. The number of rotatable bonds is 2. The van der Waals surface area contributed by atoms with Crippen LogP contribution in [0.15, 0.2) is 18.2 Å². The van der Waals surface area contributed by atoms with Crippen molar-refractivity contribution in [1.82, 2.24) is 0 Å². The van der Waals surface area contributed by atoms with Gasteiger partial charge in [-0.3, -0.25) is 4.79 Å². The summed E-state index contributed by atoms with van der Waals surface area (Å²) in [5.74, 6) is -1.40. The zero-order chi connectivity index (χ0) is 12.1. The zero-order valence-corrected chi connectivity index (χ0v) is 9.81. The third kappa shape index (κ3) is 1.34. The number of halogens is 2. The van der Waals surface area contributed by atoms with Gasteiger partial charge < -0.3 is 5.11 Å². The van der Waals surface area contributed by atoms with E-state index in [0.29, 0.717) is 17.0 Å². The van der Waals surface area contributed by atoms with Gasteiger partial charge in [0.05, 0.1) is 5.41 Å². The molecular formula is C12H12ClFO2. The lowest BCUT2D eigenvalue weighted by molar-refractivity contribution is -0.141. The van der Waals surface area contributed by atoms with E-state index in [1.54, 1.807) is 0 Å². The van der Waals surface area contributed by atoms with Gasteiger partial charge in [-0.05, 0) is 35.6 Å². The number of aliphatic carboxylic acids is 1. The van der Waals surface area contributed by atoms with Crippen molar-refractivity contribution >= 4 is 17.6 Å². The summed E-state index contributed by atoms with van der Waals surface area (Å²) >= 11 is 5.96. The summed E-state index contributed by atoms with van der Waals surface area (Å²) in [5, 5.41) is 9.64. The Bertz CT molecular complexity index is 470. The van der Waals surface area contributed by atoms with Crippen LogP contribution in [0.5, 0.6) is 0 Å². The van der Waals surface area contributed by atoms with Crippen molar-refractivity contribution in [1.29, 1.82) is 0 Å². The third-order valence-corrected chi connectivity index (χ3v) is 3.82. The van der Waals surface area contributed by atoms with E-state index in [0.717, 1.165) is 0 Å². The molecule has 1 N–H and O–H groups in total. The van der Waals surface area contributed by atoms with Crippen molar-refractivity contribution in [2.75, 3.05) is 0 Å². The molecule has 0 spiro atoms. The lowest BCUT2D eigenvalue weighted by Gasteiger charge is -2.17. The molecule has 1 aliphatic carbocycles. The molecule has 1 aromatic rings.